The van der Waals surface area contributed by atoms with Crippen molar-refractivity contribution in [1.82, 2.24) is 4.90 Å². The maximum Gasteiger partial charge on any atom is 0.238 e. The Bertz CT molecular complexity index is 439. The van der Waals surface area contributed by atoms with E-state index in [1.54, 1.807) is 19.2 Å². The van der Waals surface area contributed by atoms with Crippen molar-refractivity contribution in [3.63, 3.8) is 0 Å². The molecule has 1 amide bonds. The first-order valence-electron chi connectivity index (χ1n) is 6.47. The van der Waals surface area contributed by atoms with Crippen molar-refractivity contribution in [1.29, 1.82) is 0 Å². The smallest absolute Gasteiger partial charge is 0.238 e. The lowest BCUT2D eigenvalue weighted by atomic mass is 10.1. The summed E-state index contributed by atoms with van der Waals surface area (Å²) in [5.74, 6) is 0.571. The lowest BCUT2D eigenvalue weighted by Gasteiger charge is -2.28. The lowest BCUT2D eigenvalue weighted by molar-refractivity contribution is -0.117. The summed E-state index contributed by atoms with van der Waals surface area (Å²) in [5.41, 5.74) is 0.693. The SMILES string of the molecule is COc1cccc(NC(=O)CN2CCCC(F)C2)c1. The normalized spacial score (nSPS) is 20.0. The fourth-order valence-electron chi connectivity index (χ4n) is 2.25. The second-order valence-corrected chi connectivity index (χ2v) is 4.75. The van der Waals surface area contributed by atoms with Crippen LogP contribution >= 0.6 is 0 Å². The number of carbonyl (C=O) groups is 1. The molecule has 1 aliphatic rings. The van der Waals surface area contributed by atoms with Gasteiger partial charge in [0.1, 0.15) is 11.9 Å². The van der Waals surface area contributed by atoms with Crippen molar-refractivity contribution in [3.05, 3.63) is 24.3 Å². The van der Waals surface area contributed by atoms with Gasteiger partial charge >= 0.3 is 0 Å². The van der Waals surface area contributed by atoms with Crippen molar-refractivity contribution in [3.8, 4) is 5.75 Å². The largest absolute Gasteiger partial charge is 0.497 e. The van der Waals surface area contributed by atoms with Crippen molar-refractivity contribution < 1.29 is 13.9 Å². The molecule has 1 heterocycles. The Morgan fingerprint density at radius 2 is 2.42 bits per heavy atom. The molecule has 0 radical (unpaired) electrons. The maximum absolute atomic E-state index is 13.2. The molecule has 0 bridgehead atoms. The number of likely N-dealkylation sites (tertiary alicyclic amines) is 1. The standard InChI is InChI=1S/C14H19FN2O2/c1-19-13-6-2-5-12(8-13)16-14(18)10-17-7-3-4-11(15)9-17/h2,5-6,8,11H,3-4,7,9-10H2,1H3,(H,16,18). The van der Waals surface area contributed by atoms with E-state index in [0.29, 0.717) is 24.4 Å². The topological polar surface area (TPSA) is 41.6 Å². The van der Waals surface area contributed by atoms with Gasteiger partial charge < -0.3 is 10.1 Å². The van der Waals surface area contributed by atoms with Gasteiger partial charge in [-0.05, 0) is 31.5 Å². The summed E-state index contributed by atoms with van der Waals surface area (Å²) in [4.78, 5) is 13.7. The molecule has 0 aliphatic carbocycles. The average molecular weight is 266 g/mol. The minimum atomic E-state index is -0.807. The highest BCUT2D eigenvalue weighted by atomic mass is 19.1. The number of carbonyl (C=O) groups excluding carboxylic acids is 1. The van der Waals surface area contributed by atoms with Gasteiger partial charge in [0, 0.05) is 18.3 Å². The van der Waals surface area contributed by atoms with Crippen LogP contribution in [0.2, 0.25) is 0 Å². The summed E-state index contributed by atoms with van der Waals surface area (Å²) in [6.45, 7) is 1.37. The number of amides is 1. The highest BCUT2D eigenvalue weighted by molar-refractivity contribution is 5.92. The number of alkyl halides is 1. The lowest BCUT2D eigenvalue weighted by Crippen LogP contribution is -2.41. The number of nitrogens with one attached hydrogen (secondary N) is 1. The molecule has 1 saturated heterocycles. The zero-order chi connectivity index (χ0) is 13.7. The maximum atomic E-state index is 13.2. The summed E-state index contributed by atoms with van der Waals surface area (Å²) in [6.07, 6.45) is 0.611. The summed E-state index contributed by atoms with van der Waals surface area (Å²) in [7, 11) is 1.58. The first kappa shape index (κ1) is 13.8. The Morgan fingerprint density at radius 1 is 1.58 bits per heavy atom. The third-order valence-electron chi connectivity index (χ3n) is 3.17. The van der Waals surface area contributed by atoms with Gasteiger partial charge in [0.05, 0.1) is 13.7 Å². The molecule has 0 saturated carbocycles. The molecule has 1 N–H and O–H groups in total. The van der Waals surface area contributed by atoms with E-state index in [9.17, 15) is 9.18 Å². The molecule has 5 heteroatoms. The van der Waals surface area contributed by atoms with Gasteiger partial charge in [-0.3, -0.25) is 9.69 Å². The van der Waals surface area contributed by atoms with Crippen LogP contribution in [-0.2, 0) is 4.79 Å². The van der Waals surface area contributed by atoms with E-state index in [1.165, 1.54) is 0 Å². The van der Waals surface area contributed by atoms with Crippen LogP contribution in [0.15, 0.2) is 24.3 Å². The number of rotatable bonds is 4. The molecule has 2 rings (SSSR count). The van der Waals surface area contributed by atoms with E-state index in [2.05, 4.69) is 5.32 Å². The number of hydrogen-bond donors (Lipinski definition) is 1. The third-order valence-corrected chi connectivity index (χ3v) is 3.17. The van der Waals surface area contributed by atoms with Gasteiger partial charge in [0.2, 0.25) is 5.91 Å². The van der Waals surface area contributed by atoms with E-state index in [0.717, 1.165) is 13.0 Å². The Morgan fingerprint density at radius 3 is 3.16 bits per heavy atom. The number of hydrogen-bond acceptors (Lipinski definition) is 3. The summed E-state index contributed by atoms with van der Waals surface area (Å²) in [5, 5.41) is 2.80. The molecule has 104 valence electrons. The first-order valence-corrected chi connectivity index (χ1v) is 6.47. The first-order chi connectivity index (χ1) is 9.17. The van der Waals surface area contributed by atoms with Crippen molar-refractivity contribution in [2.24, 2.45) is 0 Å². The Labute approximate surface area is 112 Å². The minimum absolute atomic E-state index is 0.123. The summed E-state index contributed by atoms with van der Waals surface area (Å²) < 4.78 is 18.3. The number of halogens is 1. The van der Waals surface area contributed by atoms with Gasteiger partial charge in [-0.2, -0.15) is 0 Å². The van der Waals surface area contributed by atoms with Gasteiger partial charge in [-0.1, -0.05) is 6.07 Å². The Kier molecular flexibility index (Phi) is 4.74. The molecule has 1 fully saturated rings. The fraction of sp³-hybridized carbons (Fsp3) is 0.500. The van der Waals surface area contributed by atoms with Crippen molar-refractivity contribution >= 4 is 11.6 Å². The highest BCUT2D eigenvalue weighted by Crippen LogP contribution is 2.17. The average Bonchev–Trinajstić information content (AvgIpc) is 2.38. The molecule has 19 heavy (non-hydrogen) atoms. The molecule has 1 aromatic rings. The van der Waals surface area contributed by atoms with Gasteiger partial charge in [-0.25, -0.2) is 4.39 Å². The van der Waals surface area contributed by atoms with Crippen LogP contribution in [0, 0.1) is 0 Å². The van der Waals surface area contributed by atoms with Crippen LogP contribution in [0.25, 0.3) is 0 Å². The van der Waals surface area contributed by atoms with Gasteiger partial charge in [0.25, 0.3) is 0 Å². The van der Waals surface area contributed by atoms with E-state index in [1.807, 2.05) is 17.0 Å². The molecule has 0 aromatic heterocycles. The fourth-order valence-corrected chi connectivity index (χ4v) is 2.25. The quantitative estimate of drug-likeness (QED) is 0.907. The molecule has 1 aromatic carbocycles. The second kappa shape index (κ2) is 6.52. The van der Waals surface area contributed by atoms with Gasteiger partial charge in [0.15, 0.2) is 0 Å². The highest BCUT2D eigenvalue weighted by Gasteiger charge is 2.20. The summed E-state index contributed by atoms with van der Waals surface area (Å²) in [6, 6.07) is 7.18. The molecular formula is C14H19FN2O2. The predicted molar refractivity (Wildman–Crippen MR) is 72.2 cm³/mol. The number of nitrogens with zero attached hydrogens (tertiary/aromatic N) is 1. The second-order valence-electron chi connectivity index (χ2n) is 4.75. The van der Waals surface area contributed by atoms with Crippen LogP contribution < -0.4 is 10.1 Å². The summed E-state index contributed by atoms with van der Waals surface area (Å²) >= 11 is 0. The zero-order valence-corrected chi connectivity index (χ0v) is 11.1. The van der Waals surface area contributed by atoms with Crippen LogP contribution in [0.3, 0.4) is 0 Å². The number of methoxy groups -OCH3 is 1. The molecule has 4 nitrogen and oxygen atoms in total. The predicted octanol–water partition coefficient (Wildman–Crippen LogP) is 2.07. The Balaban J connectivity index is 1.86. The molecule has 0 spiro atoms. The number of benzene rings is 1. The third kappa shape index (κ3) is 4.21. The monoisotopic (exact) mass is 266 g/mol. The number of piperidine rings is 1. The van der Waals surface area contributed by atoms with Crippen LogP contribution in [0.1, 0.15) is 12.8 Å². The van der Waals surface area contributed by atoms with Crippen LogP contribution in [0.5, 0.6) is 5.75 Å². The molecule has 1 atom stereocenters. The molecular weight excluding hydrogens is 247 g/mol. The molecule has 1 aliphatic heterocycles. The van der Waals surface area contributed by atoms with Crippen LogP contribution in [0.4, 0.5) is 10.1 Å². The van der Waals surface area contributed by atoms with Gasteiger partial charge in [-0.15, -0.1) is 0 Å². The van der Waals surface area contributed by atoms with E-state index < -0.39 is 6.17 Å². The molecule has 1 unspecified atom stereocenters. The van der Waals surface area contributed by atoms with Crippen molar-refractivity contribution in [2.45, 2.75) is 19.0 Å². The van der Waals surface area contributed by atoms with Crippen LogP contribution in [-0.4, -0.2) is 43.7 Å². The van der Waals surface area contributed by atoms with E-state index >= 15 is 0 Å². The van der Waals surface area contributed by atoms with E-state index in [-0.39, 0.29) is 12.5 Å². The minimum Gasteiger partial charge on any atom is -0.497 e. The number of anilines is 1. The number of ether oxygens (including phenoxy) is 1. The zero-order valence-electron chi connectivity index (χ0n) is 11.1. The van der Waals surface area contributed by atoms with Crippen molar-refractivity contribution in [2.75, 3.05) is 32.1 Å². The van der Waals surface area contributed by atoms with E-state index in [4.69, 9.17) is 4.74 Å². The Hall–Kier alpha value is -1.62.